The van der Waals surface area contributed by atoms with Crippen molar-refractivity contribution >= 4 is 20.9 Å². The van der Waals surface area contributed by atoms with Crippen LogP contribution in [-0.2, 0) is 11.3 Å². The average molecular weight is 304 g/mol. The molecule has 76 valence electrons. The fourth-order valence-corrected chi connectivity index (χ4v) is 4.83. The summed E-state index contributed by atoms with van der Waals surface area (Å²) in [5.74, 6) is 0. The summed E-state index contributed by atoms with van der Waals surface area (Å²) in [4.78, 5) is 0. The van der Waals surface area contributed by atoms with Crippen LogP contribution in [0.1, 0.15) is 24.8 Å². The molecule has 0 aromatic heterocycles. The Balaban J connectivity index is 1.76. The van der Waals surface area contributed by atoms with Gasteiger partial charge in [-0.2, -0.15) is 0 Å². The van der Waals surface area contributed by atoms with Crippen molar-refractivity contribution in [3.05, 3.63) is 35.9 Å². The molecule has 0 aliphatic carbocycles. The summed E-state index contributed by atoms with van der Waals surface area (Å²) >= 11 is 0.159. The third-order valence-electron chi connectivity index (χ3n) is 2.42. The van der Waals surface area contributed by atoms with Crippen LogP contribution in [0.25, 0.3) is 0 Å². The second-order valence-corrected chi connectivity index (χ2v) is 7.21. The molecule has 1 nitrogen and oxygen atoms in total. The fraction of sp³-hybridized carbons (Fsp3) is 0.500. The molecular weight excluding hydrogens is 288 g/mol. The van der Waals surface area contributed by atoms with E-state index in [-0.39, 0.29) is 20.9 Å². The molecule has 14 heavy (non-hydrogen) atoms. The minimum absolute atomic E-state index is 0.159. The van der Waals surface area contributed by atoms with Crippen LogP contribution in [0.15, 0.2) is 30.3 Å². The SMILES string of the molecule is c1ccc(COC2CCCC[Te]2)cc1. The van der Waals surface area contributed by atoms with Crippen molar-refractivity contribution in [2.45, 2.75) is 34.5 Å². The molecule has 0 saturated carbocycles. The van der Waals surface area contributed by atoms with Crippen LogP contribution in [0.2, 0.25) is 4.47 Å². The molecule has 0 bridgehead atoms. The van der Waals surface area contributed by atoms with E-state index >= 15 is 0 Å². The monoisotopic (exact) mass is 306 g/mol. The van der Waals surface area contributed by atoms with Crippen LogP contribution in [-0.4, -0.2) is 25.1 Å². The topological polar surface area (TPSA) is 9.23 Å². The summed E-state index contributed by atoms with van der Waals surface area (Å²) in [5.41, 5.74) is 1.31. The van der Waals surface area contributed by atoms with Gasteiger partial charge in [-0.25, -0.2) is 0 Å². The van der Waals surface area contributed by atoms with Crippen molar-refractivity contribution in [1.82, 2.24) is 0 Å². The number of hydrogen-bond acceptors (Lipinski definition) is 1. The normalized spacial score (nSPS) is 22.1. The molecule has 1 heterocycles. The molecule has 1 fully saturated rings. The van der Waals surface area contributed by atoms with Crippen molar-refractivity contribution < 1.29 is 4.74 Å². The first-order valence-electron chi connectivity index (χ1n) is 5.22. The number of rotatable bonds is 3. The zero-order valence-corrected chi connectivity index (χ0v) is 10.6. The van der Waals surface area contributed by atoms with E-state index in [1.807, 2.05) is 0 Å². The Bertz CT molecular complexity index is 254. The number of ether oxygens (including phenoxy) is 1. The molecule has 1 aromatic carbocycles. The first-order valence-corrected chi connectivity index (χ1v) is 8.21. The molecule has 0 N–H and O–H groups in total. The van der Waals surface area contributed by atoms with Gasteiger partial charge in [0.2, 0.25) is 0 Å². The van der Waals surface area contributed by atoms with Crippen molar-refractivity contribution in [3.63, 3.8) is 0 Å². The van der Waals surface area contributed by atoms with E-state index in [1.54, 1.807) is 0 Å². The van der Waals surface area contributed by atoms with E-state index in [1.165, 1.54) is 29.3 Å². The summed E-state index contributed by atoms with van der Waals surface area (Å²) in [6.07, 6.45) is 4.15. The van der Waals surface area contributed by atoms with Crippen molar-refractivity contribution in [2.75, 3.05) is 0 Å². The molecule has 1 aromatic rings. The van der Waals surface area contributed by atoms with Gasteiger partial charge in [-0.15, -0.1) is 0 Å². The fourth-order valence-electron chi connectivity index (χ4n) is 1.61. The van der Waals surface area contributed by atoms with Gasteiger partial charge in [0, 0.05) is 0 Å². The molecule has 0 radical (unpaired) electrons. The van der Waals surface area contributed by atoms with E-state index in [0.29, 0.717) is 4.15 Å². The van der Waals surface area contributed by atoms with Gasteiger partial charge in [-0.3, -0.25) is 0 Å². The molecular formula is C12H16OTe. The first-order chi connectivity index (χ1) is 6.95. The average Bonchev–Trinajstić information content (AvgIpc) is 2.29. The maximum atomic E-state index is 5.93. The molecule has 1 aliphatic heterocycles. The summed E-state index contributed by atoms with van der Waals surface area (Å²) in [6, 6.07) is 10.5. The van der Waals surface area contributed by atoms with Crippen LogP contribution in [0, 0.1) is 0 Å². The second-order valence-electron chi connectivity index (χ2n) is 3.59. The van der Waals surface area contributed by atoms with Crippen LogP contribution >= 0.6 is 0 Å². The molecule has 1 atom stereocenters. The van der Waals surface area contributed by atoms with Gasteiger partial charge in [-0.05, 0) is 0 Å². The third-order valence-corrected chi connectivity index (χ3v) is 6.04. The third kappa shape index (κ3) is 3.28. The Morgan fingerprint density at radius 2 is 2.07 bits per heavy atom. The zero-order valence-electron chi connectivity index (χ0n) is 8.32. The maximum absolute atomic E-state index is 5.93. The Labute approximate surface area is 95.9 Å². The van der Waals surface area contributed by atoms with Gasteiger partial charge in [0.1, 0.15) is 0 Å². The van der Waals surface area contributed by atoms with Crippen LogP contribution < -0.4 is 0 Å². The second kappa shape index (κ2) is 5.75. The van der Waals surface area contributed by atoms with Crippen molar-refractivity contribution in [1.29, 1.82) is 0 Å². The van der Waals surface area contributed by atoms with Crippen LogP contribution in [0.3, 0.4) is 0 Å². The zero-order chi connectivity index (χ0) is 9.64. The van der Waals surface area contributed by atoms with Crippen molar-refractivity contribution in [2.24, 2.45) is 0 Å². The Morgan fingerprint density at radius 1 is 1.21 bits per heavy atom. The molecule has 0 spiro atoms. The number of benzene rings is 1. The van der Waals surface area contributed by atoms with E-state index in [9.17, 15) is 0 Å². The van der Waals surface area contributed by atoms with E-state index in [0.717, 1.165) is 6.61 Å². The number of hydrogen-bond donors (Lipinski definition) is 0. The predicted octanol–water partition coefficient (Wildman–Crippen LogP) is 2.84. The van der Waals surface area contributed by atoms with Gasteiger partial charge in [0.05, 0.1) is 0 Å². The quantitative estimate of drug-likeness (QED) is 0.780. The summed E-state index contributed by atoms with van der Waals surface area (Å²) in [5, 5.41) is 0. The van der Waals surface area contributed by atoms with Crippen LogP contribution in [0.5, 0.6) is 0 Å². The Hall–Kier alpha value is -0.0304. The Kier molecular flexibility index (Phi) is 4.31. The van der Waals surface area contributed by atoms with Gasteiger partial charge in [0.25, 0.3) is 0 Å². The molecule has 1 unspecified atom stereocenters. The molecule has 2 rings (SSSR count). The standard InChI is InChI=1S/C12H16OTe/c1-2-6-11(7-3-1)10-13-12-8-4-5-9-14-12/h1-3,6-7,12H,4-5,8-10H2. The summed E-state index contributed by atoms with van der Waals surface area (Å²) in [6.45, 7) is 0.816. The summed E-state index contributed by atoms with van der Waals surface area (Å²) in [7, 11) is 0. The summed E-state index contributed by atoms with van der Waals surface area (Å²) < 4.78 is 8.05. The van der Waals surface area contributed by atoms with E-state index in [2.05, 4.69) is 30.3 Å². The van der Waals surface area contributed by atoms with E-state index in [4.69, 9.17) is 4.74 Å². The minimum atomic E-state index is 0.159. The Morgan fingerprint density at radius 3 is 2.79 bits per heavy atom. The first kappa shape index (κ1) is 10.5. The predicted molar refractivity (Wildman–Crippen MR) is 59.4 cm³/mol. The molecule has 1 aliphatic rings. The van der Waals surface area contributed by atoms with Crippen LogP contribution in [0.4, 0.5) is 0 Å². The molecule has 0 amide bonds. The van der Waals surface area contributed by atoms with E-state index < -0.39 is 0 Å². The van der Waals surface area contributed by atoms with Gasteiger partial charge < -0.3 is 0 Å². The molecule has 2 heteroatoms. The molecule has 1 saturated heterocycles. The van der Waals surface area contributed by atoms with Gasteiger partial charge in [0.15, 0.2) is 0 Å². The van der Waals surface area contributed by atoms with Gasteiger partial charge in [-0.1, -0.05) is 0 Å². The van der Waals surface area contributed by atoms with Crippen molar-refractivity contribution in [3.8, 4) is 0 Å². The van der Waals surface area contributed by atoms with Gasteiger partial charge >= 0.3 is 96.0 Å².